The number of rotatable bonds is 3. The Labute approximate surface area is 57.3 Å². The molecule has 0 bridgehead atoms. The Hall–Kier alpha value is -1.16. The van der Waals surface area contributed by atoms with Gasteiger partial charge in [-0.3, -0.25) is 4.79 Å². The molecule has 0 radical (unpaired) electrons. The highest BCUT2D eigenvalue weighted by Crippen LogP contribution is 1.90. The maximum Gasteiger partial charge on any atom is 0.325 e. The molecular formula is C5H8N2O3. The molecule has 0 aromatic heterocycles. The maximum atomic E-state index is 10.1. The first-order valence-corrected chi connectivity index (χ1v) is 2.55. The van der Waals surface area contributed by atoms with Gasteiger partial charge < -0.3 is 16.6 Å². The largest absolute Gasteiger partial charge is 0.480 e. The molecule has 0 heterocycles. The van der Waals surface area contributed by atoms with Crippen LogP contribution in [0, 0.1) is 0 Å². The molecule has 0 amide bonds. The van der Waals surface area contributed by atoms with Crippen molar-refractivity contribution in [3.05, 3.63) is 5.57 Å². The number of carbonyl (C=O) groups excluding carboxylic acids is 1. The molecule has 0 aliphatic heterocycles. The van der Waals surface area contributed by atoms with Gasteiger partial charge in [-0.05, 0) is 0 Å². The Morgan fingerprint density at radius 2 is 2.20 bits per heavy atom. The molecule has 0 aliphatic rings. The molecule has 0 aromatic rings. The normalized spacial score (nSPS) is 11.8. The molecule has 0 aromatic carbocycles. The fraction of sp³-hybridized carbons (Fsp3) is 0.400. The predicted octanol–water partition coefficient (Wildman–Crippen LogP) is -1.88. The van der Waals surface area contributed by atoms with Crippen LogP contribution in [0.5, 0.6) is 0 Å². The molecule has 0 fully saturated rings. The van der Waals surface area contributed by atoms with Crippen LogP contribution in [0.25, 0.3) is 0 Å². The molecule has 0 rings (SSSR count). The van der Waals surface area contributed by atoms with Crippen LogP contribution in [0.15, 0.2) is 5.57 Å². The molecule has 5 heteroatoms. The number of carbonyl (C=O) groups is 1. The second-order valence-electron chi connectivity index (χ2n) is 1.65. The highest BCUT2D eigenvalue weighted by molar-refractivity contribution is 5.81. The van der Waals surface area contributed by atoms with E-state index in [1.54, 1.807) is 0 Å². The van der Waals surface area contributed by atoms with E-state index in [0.717, 1.165) is 0 Å². The van der Waals surface area contributed by atoms with E-state index in [4.69, 9.17) is 16.6 Å². The number of carboxylic acids is 1. The average Bonchev–Trinajstić information content (AvgIpc) is 1.90. The Kier molecular flexibility index (Phi) is 3.35. The molecule has 56 valence electrons. The number of nitrogens with two attached hydrogens (primary N) is 2. The van der Waals surface area contributed by atoms with Gasteiger partial charge in [0.1, 0.15) is 12.0 Å². The molecule has 0 unspecified atom stereocenters. The van der Waals surface area contributed by atoms with Crippen molar-refractivity contribution in [1.82, 2.24) is 0 Å². The summed E-state index contributed by atoms with van der Waals surface area (Å²) in [6.45, 7) is -0.170. The van der Waals surface area contributed by atoms with Crippen molar-refractivity contribution >= 4 is 11.9 Å². The van der Waals surface area contributed by atoms with Crippen molar-refractivity contribution in [2.45, 2.75) is 6.04 Å². The minimum atomic E-state index is -1.32. The summed E-state index contributed by atoms with van der Waals surface area (Å²) in [7, 11) is 0. The van der Waals surface area contributed by atoms with Gasteiger partial charge in [0.25, 0.3) is 0 Å². The zero-order valence-corrected chi connectivity index (χ0v) is 5.20. The van der Waals surface area contributed by atoms with Crippen LogP contribution in [0.2, 0.25) is 0 Å². The third kappa shape index (κ3) is 1.99. The molecular weight excluding hydrogens is 136 g/mol. The molecule has 1 atom stereocenters. The maximum absolute atomic E-state index is 10.1. The van der Waals surface area contributed by atoms with Gasteiger partial charge in [0.2, 0.25) is 0 Å². The van der Waals surface area contributed by atoms with E-state index in [1.807, 2.05) is 0 Å². The van der Waals surface area contributed by atoms with Gasteiger partial charge in [-0.1, -0.05) is 0 Å². The van der Waals surface area contributed by atoms with Gasteiger partial charge in [-0.15, -0.1) is 0 Å². The van der Waals surface area contributed by atoms with E-state index in [2.05, 4.69) is 0 Å². The monoisotopic (exact) mass is 144 g/mol. The highest BCUT2D eigenvalue weighted by Gasteiger charge is 2.16. The summed E-state index contributed by atoms with van der Waals surface area (Å²) in [5.74, 6) is 0.0944. The van der Waals surface area contributed by atoms with Gasteiger partial charge in [0, 0.05) is 6.54 Å². The number of aliphatic carboxylic acids is 1. The summed E-state index contributed by atoms with van der Waals surface area (Å²) in [6, 6.07) is -1.32. The number of hydrogen-bond donors (Lipinski definition) is 3. The summed E-state index contributed by atoms with van der Waals surface area (Å²) in [6.07, 6.45) is 0. The fourth-order valence-electron chi connectivity index (χ4n) is 0.381. The van der Waals surface area contributed by atoms with Crippen LogP contribution in [0.4, 0.5) is 0 Å². The predicted molar refractivity (Wildman–Crippen MR) is 33.9 cm³/mol. The molecule has 10 heavy (non-hydrogen) atoms. The second-order valence-corrected chi connectivity index (χ2v) is 1.65. The first-order chi connectivity index (χ1) is 4.63. The summed E-state index contributed by atoms with van der Waals surface area (Å²) < 4.78 is 0. The smallest absolute Gasteiger partial charge is 0.325 e. The zero-order chi connectivity index (χ0) is 8.15. The van der Waals surface area contributed by atoms with E-state index < -0.39 is 12.0 Å². The van der Waals surface area contributed by atoms with Crippen molar-refractivity contribution in [3.63, 3.8) is 0 Å². The van der Waals surface area contributed by atoms with E-state index in [-0.39, 0.29) is 12.1 Å². The zero-order valence-electron chi connectivity index (χ0n) is 5.20. The Balaban J connectivity index is 4.32. The van der Waals surface area contributed by atoms with Gasteiger partial charge >= 0.3 is 5.97 Å². The molecule has 0 aliphatic carbocycles. The van der Waals surface area contributed by atoms with Crippen LogP contribution in [-0.2, 0) is 9.59 Å². The molecule has 0 spiro atoms. The molecule has 0 saturated carbocycles. The minimum Gasteiger partial charge on any atom is -0.480 e. The summed E-state index contributed by atoms with van der Waals surface area (Å²) in [5, 5.41) is 8.23. The Morgan fingerprint density at radius 3 is 2.30 bits per heavy atom. The fourth-order valence-corrected chi connectivity index (χ4v) is 0.381. The van der Waals surface area contributed by atoms with E-state index in [9.17, 15) is 9.59 Å². The van der Waals surface area contributed by atoms with Crippen molar-refractivity contribution in [3.8, 4) is 0 Å². The van der Waals surface area contributed by atoms with Crippen LogP contribution >= 0.6 is 0 Å². The molecule has 5 nitrogen and oxygen atoms in total. The minimum absolute atomic E-state index is 0.132. The Morgan fingerprint density at radius 1 is 1.70 bits per heavy atom. The van der Waals surface area contributed by atoms with Gasteiger partial charge in [0.05, 0.1) is 5.57 Å². The van der Waals surface area contributed by atoms with Gasteiger partial charge in [-0.25, -0.2) is 4.79 Å². The van der Waals surface area contributed by atoms with Crippen LogP contribution < -0.4 is 11.5 Å². The SMILES string of the molecule is NCC(=C=O)[C@H](N)C(=O)O. The Bertz CT molecular complexity index is 183. The third-order valence-corrected chi connectivity index (χ3v) is 0.992. The standard InChI is InChI=1S/C5H8N2O3/c6-1-3(2-8)4(7)5(9)10/h4H,1,6-7H2,(H,9,10)/t4-/m0/s1. The lowest BCUT2D eigenvalue weighted by Crippen LogP contribution is -2.35. The first-order valence-electron chi connectivity index (χ1n) is 2.55. The quantitative estimate of drug-likeness (QED) is 0.402. The first kappa shape index (κ1) is 8.84. The topological polar surface area (TPSA) is 106 Å². The van der Waals surface area contributed by atoms with Gasteiger partial charge in [-0.2, -0.15) is 0 Å². The highest BCUT2D eigenvalue weighted by atomic mass is 16.4. The van der Waals surface area contributed by atoms with Crippen molar-refractivity contribution in [2.24, 2.45) is 11.5 Å². The van der Waals surface area contributed by atoms with E-state index in [1.165, 1.54) is 5.94 Å². The summed E-state index contributed by atoms with van der Waals surface area (Å²) in [5.41, 5.74) is 9.85. The van der Waals surface area contributed by atoms with Crippen LogP contribution in [0.3, 0.4) is 0 Å². The van der Waals surface area contributed by atoms with E-state index >= 15 is 0 Å². The molecule has 0 saturated heterocycles. The van der Waals surface area contributed by atoms with Crippen LogP contribution in [0.1, 0.15) is 0 Å². The number of carboxylic acid groups (broad SMARTS) is 1. The second kappa shape index (κ2) is 3.79. The number of hydrogen-bond acceptors (Lipinski definition) is 4. The van der Waals surface area contributed by atoms with Crippen molar-refractivity contribution < 1.29 is 14.7 Å². The average molecular weight is 144 g/mol. The third-order valence-electron chi connectivity index (χ3n) is 0.992. The van der Waals surface area contributed by atoms with Gasteiger partial charge in [0.15, 0.2) is 0 Å². The van der Waals surface area contributed by atoms with Crippen molar-refractivity contribution in [2.75, 3.05) is 6.54 Å². The lowest BCUT2D eigenvalue weighted by atomic mass is 10.1. The van der Waals surface area contributed by atoms with E-state index in [0.29, 0.717) is 0 Å². The molecule has 5 N–H and O–H groups in total. The van der Waals surface area contributed by atoms with Crippen LogP contribution in [-0.4, -0.2) is 29.6 Å². The summed E-state index contributed by atoms with van der Waals surface area (Å²) >= 11 is 0. The van der Waals surface area contributed by atoms with Crippen molar-refractivity contribution in [1.29, 1.82) is 0 Å². The lowest BCUT2D eigenvalue weighted by molar-refractivity contribution is -0.137. The summed E-state index contributed by atoms with van der Waals surface area (Å²) in [4.78, 5) is 20.0. The lowest BCUT2D eigenvalue weighted by Gasteiger charge is -2.03.